The van der Waals surface area contributed by atoms with Crippen LogP contribution in [0.2, 0.25) is 0 Å². The van der Waals surface area contributed by atoms with Crippen LogP contribution in [-0.4, -0.2) is 59.0 Å². The summed E-state index contributed by atoms with van der Waals surface area (Å²) in [5.74, 6) is 0.736. The summed E-state index contributed by atoms with van der Waals surface area (Å²) >= 11 is 0. The van der Waals surface area contributed by atoms with E-state index in [4.69, 9.17) is 4.74 Å². The molecule has 2 rings (SSSR count). The van der Waals surface area contributed by atoms with Crippen molar-refractivity contribution in [2.24, 2.45) is 7.05 Å². The molecule has 1 aromatic carbocycles. The average molecular weight is 332 g/mol. The predicted octanol–water partition coefficient (Wildman–Crippen LogP) is 1.16. The fourth-order valence-corrected chi connectivity index (χ4v) is 2.48. The zero-order chi connectivity index (χ0) is 17.5. The molecule has 0 unspecified atom stereocenters. The Kier molecular flexibility index (Phi) is 6.34. The van der Waals surface area contributed by atoms with E-state index in [0.717, 1.165) is 11.4 Å². The molecule has 0 fully saturated rings. The van der Waals surface area contributed by atoms with Gasteiger partial charge in [0.2, 0.25) is 0 Å². The second kappa shape index (κ2) is 8.47. The summed E-state index contributed by atoms with van der Waals surface area (Å²) in [6, 6.07) is 8.99. The Morgan fingerprint density at radius 3 is 2.71 bits per heavy atom. The topological polar surface area (TPSA) is 79.6 Å². The minimum absolute atomic E-state index is 0.180. The van der Waals surface area contributed by atoms with Crippen LogP contribution in [0, 0.1) is 0 Å². The number of aryl methyl sites for hydroxylation is 1. The standard InChI is InChI=1S/C17H24N4O3/c1-20-10-9-18-16(20)15(13-7-5-4-6-8-13)19-17(23)21(2)11-14(22)12-24-3/h4-10,14-15,22H,11-12H2,1-3H3,(H,19,23)/t14-,15-/m0/s1. The first-order valence-electron chi connectivity index (χ1n) is 7.73. The van der Waals surface area contributed by atoms with Crippen LogP contribution in [0.3, 0.4) is 0 Å². The number of amides is 2. The number of aromatic nitrogens is 2. The minimum Gasteiger partial charge on any atom is -0.389 e. The number of ether oxygens (including phenoxy) is 1. The molecule has 24 heavy (non-hydrogen) atoms. The zero-order valence-electron chi connectivity index (χ0n) is 14.2. The number of hydrogen-bond acceptors (Lipinski definition) is 4. The number of carbonyl (C=O) groups is 1. The number of likely N-dealkylation sites (N-methyl/N-ethyl adjacent to an activating group) is 1. The van der Waals surface area contributed by atoms with E-state index in [0.29, 0.717) is 0 Å². The van der Waals surface area contributed by atoms with Gasteiger partial charge in [0.05, 0.1) is 19.3 Å². The smallest absolute Gasteiger partial charge is 0.318 e. The Balaban J connectivity index is 2.14. The number of rotatable bonds is 7. The van der Waals surface area contributed by atoms with E-state index < -0.39 is 6.10 Å². The lowest BCUT2D eigenvalue weighted by atomic mass is 10.1. The van der Waals surface area contributed by atoms with Crippen molar-refractivity contribution in [1.29, 1.82) is 0 Å². The lowest BCUT2D eigenvalue weighted by molar-refractivity contribution is 0.0488. The number of aliphatic hydroxyl groups is 1. The van der Waals surface area contributed by atoms with Crippen molar-refractivity contribution in [3.05, 3.63) is 54.1 Å². The van der Waals surface area contributed by atoms with Crippen molar-refractivity contribution < 1.29 is 14.6 Å². The third kappa shape index (κ3) is 4.56. The number of methoxy groups -OCH3 is 1. The minimum atomic E-state index is -0.728. The van der Waals surface area contributed by atoms with Gasteiger partial charge in [-0.25, -0.2) is 9.78 Å². The van der Waals surface area contributed by atoms with Gasteiger partial charge in [-0.05, 0) is 5.56 Å². The van der Waals surface area contributed by atoms with Crippen molar-refractivity contribution >= 4 is 6.03 Å². The Morgan fingerprint density at radius 2 is 2.12 bits per heavy atom. The highest BCUT2D eigenvalue weighted by Gasteiger charge is 2.23. The first kappa shape index (κ1) is 18.0. The molecular formula is C17H24N4O3. The molecule has 0 bridgehead atoms. The third-order valence-corrected chi connectivity index (χ3v) is 3.71. The molecule has 0 aliphatic carbocycles. The number of nitrogens with one attached hydrogen (secondary N) is 1. The third-order valence-electron chi connectivity index (χ3n) is 3.71. The van der Waals surface area contributed by atoms with E-state index in [-0.39, 0.29) is 25.2 Å². The summed E-state index contributed by atoms with van der Waals surface area (Å²) in [6.45, 7) is 0.362. The number of aliphatic hydroxyl groups excluding tert-OH is 1. The summed E-state index contributed by atoms with van der Waals surface area (Å²) in [5.41, 5.74) is 0.936. The summed E-state index contributed by atoms with van der Waals surface area (Å²) in [5, 5.41) is 12.8. The van der Waals surface area contributed by atoms with E-state index in [2.05, 4.69) is 10.3 Å². The van der Waals surface area contributed by atoms with E-state index in [1.165, 1.54) is 12.0 Å². The molecule has 2 atom stereocenters. The van der Waals surface area contributed by atoms with E-state index in [1.807, 2.05) is 48.1 Å². The summed E-state index contributed by atoms with van der Waals surface area (Å²) < 4.78 is 6.76. The summed E-state index contributed by atoms with van der Waals surface area (Å²) in [4.78, 5) is 18.3. The van der Waals surface area contributed by atoms with Crippen LogP contribution in [-0.2, 0) is 11.8 Å². The molecule has 130 valence electrons. The van der Waals surface area contributed by atoms with Crippen molar-refractivity contribution in [2.75, 3.05) is 27.3 Å². The van der Waals surface area contributed by atoms with Gasteiger partial charge in [-0.2, -0.15) is 0 Å². The Morgan fingerprint density at radius 1 is 1.42 bits per heavy atom. The maximum atomic E-state index is 12.5. The lowest BCUT2D eigenvalue weighted by Crippen LogP contribution is -2.44. The summed E-state index contributed by atoms with van der Waals surface area (Å²) in [6.07, 6.45) is 2.81. The first-order valence-corrected chi connectivity index (χ1v) is 7.73. The molecule has 0 radical (unpaired) electrons. The molecule has 2 N–H and O–H groups in total. The second-order valence-electron chi connectivity index (χ2n) is 5.68. The van der Waals surface area contributed by atoms with E-state index in [1.54, 1.807) is 13.2 Å². The average Bonchev–Trinajstić information content (AvgIpc) is 2.99. The van der Waals surface area contributed by atoms with Gasteiger partial charge < -0.3 is 24.6 Å². The highest BCUT2D eigenvalue weighted by atomic mass is 16.5. The van der Waals surface area contributed by atoms with Gasteiger partial charge in [-0.1, -0.05) is 30.3 Å². The van der Waals surface area contributed by atoms with Gasteiger partial charge >= 0.3 is 6.03 Å². The van der Waals surface area contributed by atoms with Gasteiger partial charge in [-0.3, -0.25) is 0 Å². The highest BCUT2D eigenvalue weighted by molar-refractivity contribution is 5.74. The first-order chi connectivity index (χ1) is 11.5. The number of hydrogen-bond donors (Lipinski definition) is 2. The molecule has 2 amide bonds. The SMILES string of the molecule is COC[C@@H](O)CN(C)C(=O)N[C@@H](c1ccccc1)c1nccn1C. The number of nitrogens with zero attached hydrogens (tertiary/aromatic N) is 3. The van der Waals surface area contributed by atoms with Gasteiger partial charge in [0.1, 0.15) is 11.9 Å². The lowest BCUT2D eigenvalue weighted by Gasteiger charge is -2.25. The maximum absolute atomic E-state index is 12.5. The van der Waals surface area contributed by atoms with E-state index >= 15 is 0 Å². The Labute approximate surface area is 141 Å². The second-order valence-corrected chi connectivity index (χ2v) is 5.68. The molecule has 7 heteroatoms. The zero-order valence-corrected chi connectivity index (χ0v) is 14.2. The van der Waals surface area contributed by atoms with E-state index in [9.17, 15) is 9.90 Å². The number of carbonyl (C=O) groups excluding carboxylic acids is 1. The van der Waals surface area contributed by atoms with Crippen molar-refractivity contribution in [3.63, 3.8) is 0 Å². The maximum Gasteiger partial charge on any atom is 0.318 e. The molecule has 1 heterocycles. The van der Waals surface area contributed by atoms with Crippen LogP contribution >= 0.6 is 0 Å². The molecule has 7 nitrogen and oxygen atoms in total. The van der Waals surface area contributed by atoms with Crippen LogP contribution < -0.4 is 5.32 Å². The molecule has 0 aliphatic heterocycles. The quantitative estimate of drug-likeness (QED) is 0.797. The molecule has 0 saturated heterocycles. The van der Waals surface area contributed by atoms with Crippen LogP contribution in [0.5, 0.6) is 0 Å². The largest absolute Gasteiger partial charge is 0.389 e. The number of imidazole rings is 1. The van der Waals surface area contributed by atoms with Crippen molar-refractivity contribution in [2.45, 2.75) is 12.1 Å². The van der Waals surface area contributed by atoms with Gasteiger partial charge in [0.15, 0.2) is 0 Å². The molecule has 1 aromatic heterocycles. The Bertz CT molecular complexity index is 644. The highest BCUT2D eigenvalue weighted by Crippen LogP contribution is 2.20. The Hall–Kier alpha value is -2.38. The molecule has 0 aliphatic rings. The van der Waals surface area contributed by atoms with Crippen molar-refractivity contribution in [3.8, 4) is 0 Å². The van der Waals surface area contributed by atoms with Crippen LogP contribution in [0.25, 0.3) is 0 Å². The molecule has 0 saturated carbocycles. The van der Waals surface area contributed by atoms with Gasteiger partial charge in [-0.15, -0.1) is 0 Å². The van der Waals surface area contributed by atoms with Crippen LogP contribution in [0.15, 0.2) is 42.7 Å². The van der Waals surface area contributed by atoms with Crippen LogP contribution in [0.1, 0.15) is 17.4 Å². The fourth-order valence-electron chi connectivity index (χ4n) is 2.48. The molecule has 0 spiro atoms. The van der Waals surface area contributed by atoms with Gasteiger partial charge in [0.25, 0.3) is 0 Å². The van der Waals surface area contributed by atoms with Crippen LogP contribution in [0.4, 0.5) is 4.79 Å². The van der Waals surface area contributed by atoms with Crippen molar-refractivity contribution in [1.82, 2.24) is 19.8 Å². The van der Waals surface area contributed by atoms with Gasteiger partial charge in [0, 0.05) is 33.6 Å². The number of benzene rings is 1. The number of urea groups is 1. The predicted molar refractivity (Wildman–Crippen MR) is 90.5 cm³/mol. The molecular weight excluding hydrogens is 308 g/mol. The monoisotopic (exact) mass is 332 g/mol. The normalized spacial score (nSPS) is 13.3. The molecule has 2 aromatic rings. The fraction of sp³-hybridized carbons (Fsp3) is 0.412. The summed E-state index contributed by atoms with van der Waals surface area (Å²) in [7, 11) is 5.03.